The maximum Gasteiger partial charge on any atom is 0.225 e. The number of nitrogens with zero attached hydrogens (tertiary/aromatic N) is 3. The predicted octanol–water partition coefficient (Wildman–Crippen LogP) is 3.80. The highest BCUT2D eigenvalue weighted by Gasteiger charge is 2.30. The molecule has 1 aromatic heterocycles. The zero-order valence-corrected chi connectivity index (χ0v) is 16.2. The molecule has 0 aliphatic carbocycles. The number of fused-ring (bicyclic) bond motifs is 1. The van der Waals surface area contributed by atoms with Gasteiger partial charge < -0.3 is 9.47 Å². The molecule has 4 nitrogen and oxygen atoms in total. The zero-order chi connectivity index (χ0) is 18.1. The van der Waals surface area contributed by atoms with Crippen LogP contribution in [0.15, 0.2) is 24.3 Å². The van der Waals surface area contributed by atoms with Gasteiger partial charge >= 0.3 is 0 Å². The Balaban J connectivity index is 1.44. The van der Waals surface area contributed by atoms with E-state index in [0.717, 1.165) is 52.1 Å². The molecule has 26 heavy (non-hydrogen) atoms. The molecule has 3 heterocycles. The lowest BCUT2D eigenvalue weighted by atomic mass is 9.95. The van der Waals surface area contributed by atoms with Gasteiger partial charge in [0, 0.05) is 48.7 Å². The van der Waals surface area contributed by atoms with Gasteiger partial charge in [0.05, 0.1) is 0 Å². The number of piperidine rings is 1. The van der Waals surface area contributed by atoms with E-state index in [1.165, 1.54) is 35.0 Å². The third-order valence-electron chi connectivity index (χ3n) is 6.41. The van der Waals surface area contributed by atoms with E-state index in [1.807, 2.05) is 0 Å². The first-order valence-corrected chi connectivity index (χ1v) is 10.3. The quantitative estimate of drug-likeness (QED) is 0.836. The van der Waals surface area contributed by atoms with Crippen molar-refractivity contribution >= 4 is 16.8 Å². The number of rotatable bonds is 4. The molecule has 0 bridgehead atoms. The fraction of sp³-hybridized carbons (Fsp3) is 0.591. The number of benzene rings is 1. The minimum absolute atomic E-state index is 0.252. The van der Waals surface area contributed by atoms with Gasteiger partial charge in [-0.3, -0.25) is 9.69 Å². The van der Waals surface area contributed by atoms with Crippen LogP contribution < -0.4 is 0 Å². The molecule has 0 unspecified atom stereocenters. The number of hydrogen-bond acceptors (Lipinski definition) is 2. The second-order valence-corrected chi connectivity index (χ2v) is 7.91. The van der Waals surface area contributed by atoms with Gasteiger partial charge in [0.1, 0.15) is 0 Å². The summed E-state index contributed by atoms with van der Waals surface area (Å²) in [5.41, 5.74) is 4.21. The fourth-order valence-corrected chi connectivity index (χ4v) is 4.87. The summed E-state index contributed by atoms with van der Waals surface area (Å²) in [6, 6.07) is 8.77. The summed E-state index contributed by atoms with van der Waals surface area (Å²) in [5.74, 6) is 0.670. The lowest BCUT2D eigenvalue weighted by Gasteiger charge is -2.33. The number of para-hydroxylation sites is 1. The number of carbonyl (C=O) groups is 1. The van der Waals surface area contributed by atoms with E-state index >= 15 is 0 Å². The number of aromatic nitrogens is 1. The number of amides is 1. The van der Waals surface area contributed by atoms with Crippen molar-refractivity contribution in [3.8, 4) is 0 Å². The summed E-state index contributed by atoms with van der Waals surface area (Å²) in [7, 11) is 0. The Hall–Kier alpha value is -1.81. The highest BCUT2D eigenvalue weighted by molar-refractivity contribution is 5.85. The highest BCUT2D eigenvalue weighted by atomic mass is 16.2. The van der Waals surface area contributed by atoms with Gasteiger partial charge in [-0.05, 0) is 64.3 Å². The monoisotopic (exact) mass is 353 g/mol. The molecule has 1 aromatic carbocycles. The Morgan fingerprint density at radius 3 is 2.46 bits per heavy atom. The summed E-state index contributed by atoms with van der Waals surface area (Å²) in [6.45, 7) is 10.5. The Labute approximate surface area is 156 Å². The van der Waals surface area contributed by atoms with Crippen LogP contribution in [0.2, 0.25) is 0 Å². The predicted molar refractivity (Wildman–Crippen MR) is 106 cm³/mol. The topological polar surface area (TPSA) is 28.5 Å². The van der Waals surface area contributed by atoms with Crippen molar-refractivity contribution < 1.29 is 4.79 Å². The minimum atomic E-state index is 0.252. The van der Waals surface area contributed by atoms with Crippen LogP contribution in [0, 0.1) is 12.8 Å². The molecule has 2 saturated heterocycles. The summed E-state index contributed by atoms with van der Waals surface area (Å²) in [6.07, 6.45) is 4.40. The van der Waals surface area contributed by atoms with Gasteiger partial charge in [-0.15, -0.1) is 0 Å². The van der Waals surface area contributed by atoms with Crippen LogP contribution in [0.3, 0.4) is 0 Å². The maximum atomic E-state index is 12.6. The molecule has 140 valence electrons. The zero-order valence-electron chi connectivity index (χ0n) is 16.2. The molecule has 2 fully saturated rings. The molecule has 2 aromatic rings. The molecule has 4 rings (SSSR count). The number of likely N-dealkylation sites (tertiary alicyclic amines) is 2. The van der Waals surface area contributed by atoms with Crippen molar-refractivity contribution in [3.63, 3.8) is 0 Å². The van der Waals surface area contributed by atoms with Crippen LogP contribution in [0.1, 0.15) is 43.9 Å². The molecular weight excluding hydrogens is 322 g/mol. The lowest BCUT2D eigenvalue weighted by molar-refractivity contribution is -0.136. The Kier molecular flexibility index (Phi) is 5.03. The van der Waals surface area contributed by atoms with Crippen molar-refractivity contribution in [2.75, 3.05) is 26.2 Å². The van der Waals surface area contributed by atoms with Gasteiger partial charge in [-0.25, -0.2) is 0 Å². The van der Waals surface area contributed by atoms with E-state index in [1.54, 1.807) is 0 Å². The number of carbonyl (C=O) groups excluding carboxylic acids is 1. The average molecular weight is 354 g/mol. The second kappa shape index (κ2) is 7.43. The van der Waals surface area contributed by atoms with E-state index in [9.17, 15) is 4.79 Å². The van der Waals surface area contributed by atoms with Crippen LogP contribution >= 0.6 is 0 Å². The van der Waals surface area contributed by atoms with Crippen molar-refractivity contribution in [1.29, 1.82) is 0 Å². The third kappa shape index (κ3) is 3.16. The maximum absolute atomic E-state index is 12.6. The van der Waals surface area contributed by atoms with Crippen LogP contribution in [-0.4, -0.2) is 46.5 Å². The molecule has 4 heteroatoms. The van der Waals surface area contributed by atoms with E-state index in [-0.39, 0.29) is 5.92 Å². The first kappa shape index (κ1) is 17.6. The van der Waals surface area contributed by atoms with Gasteiger partial charge in [0.25, 0.3) is 0 Å². The summed E-state index contributed by atoms with van der Waals surface area (Å²) in [5, 5.41) is 1.39. The van der Waals surface area contributed by atoms with Crippen LogP contribution in [-0.2, 0) is 17.9 Å². The van der Waals surface area contributed by atoms with Crippen molar-refractivity contribution in [2.45, 2.75) is 52.6 Å². The normalized spacial score (nSPS) is 19.5. The highest BCUT2D eigenvalue weighted by Crippen LogP contribution is 2.29. The third-order valence-corrected chi connectivity index (χ3v) is 6.41. The fourth-order valence-electron chi connectivity index (χ4n) is 4.87. The largest absolute Gasteiger partial charge is 0.345 e. The average Bonchev–Trinajstić information content (AvgIpc) is 3.29. The second-order valence-electron chi connectivity index (χ2n) is 7.91. The minimum Gasteiger partial charge on any atom is -0.345 e. The summed E-state index contributed by atoms with van der Waals surface area (Å²) >= 11 is 0. The first-order chi connectivity index (χ1) is 12.7. The Bertz CT molecular complexity index is 780. The number of aryl methyl sites for hydroxylation is 1. The molecule has 0 radical (unpaired) electrons. The van der Waals surface area contributed by atoms with Gasteiger partial charge in [0.15, 0.2) is 0 Å². The molecule has 0 atom stereocenters. The Morgan fingerprint density at radius 2 is 1.77 bits per heavy atom. The Morgan fingerprint density at radius 1 is 1.08 bits per heavy atom. The van der Waals surface area contributed by atoms with Crippen LogP contribution in [0.25, 0.3) is 10.9 Å². The van der Waals surface area contributed by atoms with Gasteiger partial charge in [0.2, 0.25) is 5.91 Å². The van der Waals surface area contributed by atoms with Crippen molar-refractivity contribution in [3.05, 3.63) is 35.5 Å². The van der Waals surface area contributed by atoms with Gasteiger partial charge in [-0.2, -0.15) is 0 Å². The smallest absolute Gasteiger partial charge is 0.225 e. The van der Waals surface area contributed by atoms with Crippen LogP contribution in [0.5, 0.6) is 0 Å². The first-order valence-electron chi connectivity index (χ1n) is 10.3. The van der Waals surface area contributed by atoms with E-state index < -0.39 is 0 Å². The van der Waals surface area contributed by atoms with E-state index in [2.05, 4.69) is 52.5 Å². The molecule has 1 amide bonds. The molecular formula is C22H31N3O. The molecule has 0 spiro atoms. The van der Waals surface area contributed by atoms with Gasteiger partial charge in [-0.1, -0.05) is 18.2 Å². The number of hydrogen-bond donors (Lipinski definition) is 0. The summed E-state index contributed by atoms with van der Waals surface area (Å²) in [4.78, 5) is 17.3. The van der Waals surface area contributed by atoms with Crippen molar-refractivity contribution in [1.82, 2.24) is 14.4 Å². The molecule has 0 saturated carbocycles. The summed E-state index contributed by atoms with van der Waals surface area (Å²) < 4.78 is 2.42. The molecule has 0 N–H and O–H groups in total. The van der Waals surface area contributed by atoms with E-state index in [0.29, 0.717) is 5.91 Å². The van der Waals surface area contributed by atoms with Crippen LogP contribution in [0.4, 0.5) is 0 Å². The SMILES string of the molecule is CCn1c(C)c(CN2CCC(C(=O)N3CCCC3)CC2)c2ccccc21. The van der Waals surface area contributed by atoms with Crippen molar-refractivity contribution in [2.24, 2.45) is 5.92 Å². The van der Waals surface area contributed by atoms with E-state index in [4.69, 9.17) is 0 Å². The molecule has 2 aliphatic rings. The lowest BCUT2D eigenvalue weighted by Crippen LogP contribution is -2.41. The molecule has 2 aliphatic heterocycles. The standard InChI is InChI=1S/C22H31N3O/c1-3-25-17(2)20(19-8-4-5-9-21(19)25)16-23-14-10-18(11-15-23)22(26)24-12-6-7-13-24/h4-5,8-9,18H,3,6-7,10-16H2,1-2H3.